The molecule has 0 aliphatic heterocycles. The fraction of sp³-hybridized carbons (Fsp3) is 0.533. The lowest BCUT2D eigenvalue weighted by Gasteiger charge is -2.27. The number of ether oxygens (including phenoxy) is 1. The van der Waals surface area contributed by atoms with E-state index in [0.717, 1.165) is 31.2 Å². The molecule has 1 fully saturated rings. The van der Waals surface area contributed by atoms with E-state index in [4.69, 9.17) is 15.4 Å². The van der Waals surface area contributed by atoms with Crippen LogP contribution in [0.15, 0.2) is 30.3 Å². The van der Waals surface area contributed by atoms with E-state index in [1.807, 2.05) is 30.3 Å². The molecule has 1 aromatic carbocycles. The van der Waals surface area contributed by atoms with E-state index >= 15 is 0 Å². The van der Waals surface area contributed by atoms with Gasteiger partial charge in [-0.3, -0.25) is 0 Å². The summed E-state index contributed by atoms with van der Waals surface area (Å²) in [5, 5.41) is 2.67. The Kier molecular flexibility index (Phi) is 5.69. The predicted molar refractivity (Wildman–Crippen MR) is 85.2 cm³/mol. The van der Waals surface area contributed by atoms with Gasteiger partial charge in [0.15, 0.2) is 0 Å². The molecule has 1 aliphatic carbocycles. The molecule has 0 saturated heterocycles. The number of amides is 1. The van der Waals surface area contributed by atoms with Crippen molar-refractivity contribution in [2.45, 2.75) is 32.3 Å². The average molecular weight is 346 g/mol. The zero-order valence-electron chi connectivity index (χ0n) is 12.3. The molecule has 0 aromatic heterocycles. The first-order chi connectivity index (χ1) is 10.4. The van der Waals surface area contributed by atoms with Crippen molar-refractivity contribution in [3.8, 4) is 0 Å². The lowest BCUT2D eigenvalue weighted by Crippen LogP contribution is -2.39. The Morgan fingerprint density at radius 2 is 1.86 bits per heavy atom. The molecule has 0 unspecified atom stereocenters. The molecule has 2 rings (SSSR count). The Labute approximate surface area is 135 Å². The number of hydrogen-bond acceptors (Lipinski definition) is 4. The van der Waals surface area contributed by atoms with E-state index in [0.29, 0.717) is 0 Å². The number of nitrogens with one attached hydrogen (secondary N) is 1. The summed E-state index contributed by atoms with van der Waals surface area (Å²) in [6.45, 7) is 0.458. The van der Waals surface area contributed by atoms with Crippen molar-refractivity contribution in [1.82, 2.24) is 5.32 Å². The number of halogens is 1. The fourth-order valence-corrected chi connectivity index (χ4v) is 4.71. The van der Waals surface area contributed by atoms with Crippen molar-refractivity contribution in [3.05, 3.63) is 35.9 Å². The van der Waals surface area contributed by atoms with Gasteiger partial charge in [0, 0.05) is 22.6 Å². The first-order valence-electron chi connectivity index (χ1n) is 7.26. The number of alkyl carbamates (subject to hydrolysis) is 1. The second-order valence-electron chi connectivity index (χ2n) is 5.81. The van der Waals surface area contributed by atoms with E-state index < -0.39 is 20.6 Å². The maximum absolute atomic E-state index is 11.8. The average Bonchev–Trinajstić information content (AvgIpc) is 2.91. The fourth-order valence-electron chi connectivity index (χ4n) is 2.90. The normalized spacial score (nSPS) is 17.1. The minimum atomic E-state index is -3.59. The van der Waals surface area contributed by atoms with Crippen molar-refractivity contribution < 1.29 is 17.9 Å². The SMILES string of the molecule is O=C(NCC1(CS(=O)(=O)Cl)CCCC1)OCc1ccccc1. The number of benzene rings is 1. The lowest BCUT2D eigenvalue weighted by molar-refractivity contribution is 0.134. The van der Waals surface area contributed by atoms with Crippen LogP contribution in [0.4, 0.5) is 4.79 Å². The molecular formula is C15H20ClNO4S. The van der Waals surface area contributed by atoms with Crippen molar-refractivity contribution in [3.63, 3.8) is 0 Å². The molecule has 5 nitrogen and oxygen atoms in total. The quantitative estimate of drug-likeness (QED) is 0.804. The summed E-state index contributed by atoms with van der Waals surface area (Å²) >= 11 is 0. The highest BCUT2D eigenvalue weighted by molar-refractivity contribution is 8.13. The number of carbonyl (C=O) groups is 1. The molecule has 22 heavy (non-hydrogen) atoms. The second-order valence-corrected chi connectivity index (χ2v) is 8.58. The monoisotopic (exact) mass is 345 g/mol. The first-order valence-corrected chi connectivity index (χ1v) is 9.73. The summed E-state index contributed by atoms with van der Waals surface area (Å²) in [5.41, 5.74) is 0.434. The summed E-state index contributed by atoms with van der Waals surface area (Å²) < 4.78 is 27.9. The predicted octanol–water partition coefficient (Wildman–Crippen LogP) is 3.04. The minimum Gasteiger partial charge on any atom is -0.445 e. The van der Waals surface area contributed by atoms with Gasteiger partial charge in [0.2, 0.25) is 9.05 Å². The molecule has 7 heteroatoms. The standard InChI is InChI=1S/C15H20ClNO4S/c16-22(19,20)12-15(8-4-5-9-15)11-17-14(18)21-10-13-6-2-1-3-7-13/h1-3,6-7H,4-5,8-12H2,(H,17,18). The van der Waals surface area contributed by atoms with Crippen LogP contribution in [0, 0.1) is 5.41 Å². The Morgan fingerprint density at radius 1 is 1.23 bits per heavy atom. The number of carbonyl (C=O) groups excluding carboxylic acids is 1. The first kappa shape index (κ1) is 17.1. The highest BCUT2D eigenvalue weighted by Gasteiger charge is 2.38. The molecule has 1 aliphatic rings. The Hall–Kier alpha value is -1.27. The van der Waals surface area contributed by atoms with E-state index in [2.05, 4.69) is 5.32 Å². The molecular weight excluding hydrogens is 326 g/mol. The highest BCUT2D eigenvalue weighted by atomic mass is 35.7. The highest BCUT2D eigenvalue weighted by Crippen LogP contribution is 2.39. The second kappa shape index (κ2) is 7.33. The van der Waals surface area contributed by atoms with Crippen LogP contribution in [0.3, 0.4) is 0 Å². The summed E-state index contributed by atoms with van der Waals surface area (Å²) in [5.74, 6) is -0.111. The van der Waals surface area contributed by atoms with Crippen LogP contribution in [0.1, 0.15) is 31.2 Å². The van der Waals surface area contributed by atoms with Gasteiger partial charge < -0.3 is 10.1 Å². The molecule has 1 N–H and O–H groups in total. The Balaban J connectivity index is 1.83. The van der Waals surface area contributed by atoms with Gasteiger partial charge in [0.1, 0.15) is 6.61 Å². The third kappa shape index (κ3) is 5.50. The van der Waals surface area contributed by atoms with Gasteiger partial charge in [-0.2, -0.15) is 0 Å². The molecule has 0 atom stereocenters. The van der Waals surface area contributed by atoms with Crippen LogP contribution in [-0.2, 0) is 20.4 Å². The van der Waals surface area contributed by atoms with E-state index in [1.165, 1.54) is 0 Å². The van der Waals surface area contributed by atoms with Crippen LogP contribution in [0.25, 0.3) is 0 Å². The van der Waals surface area contributed by atoms with Gasteiger partial charge in [-0.05, 0) is 18.4 Å². The maximum Gasteiger partial charge on any atom is 0.407 e. The zero-order valence-corrected chi connectivity index (χ0v) is 13.8. The number of hydrogen-bond donors (Lipinski definition) is 1. The van der Waals surface area contributed by atoms with Crippen molar-refractivity contribution in [2.24, 2.45) is 5.41 Å². The van der Waals surface area contributed by atoms with Gasteiger partial charge in [0.05, 0.1) is 5.75 Å². The van der Waals surface area contributed by atoms with Crippen LogP contribution in [-0.4, -0.2) is 26.8 Å². The van der Waals surface area contributed by atoms with Gasteiger partial charge in [-0.15, -0.1) is 0 Å². The third-order valence-electron chi connectivity index (χ3n) is 3.96. The van der Waals surface area contributed by atoms with Crippen molar-refractivity contribution in [1.29, 1.82) is 0 Å². The molecule has 0 bridgehead atoms. The molecule has 0 radical (unpaired) electrons. The maximum atomic E-state index is 11.8. The van der Waals surface area contributed by atoms with Crippen LogP contribution < -0.4 is 5.32 Å². The van der Waals surface area contributed by atoms with Gasteiger partial charge in [-0.25, -0.2) is 13.2 Å². The van der Waals surface area contributed by atoms with E-state index in [9.17, 15) is 13.2 Å². The van der Waals surface area contributed by atoms with Crippen molar-refractivity contribution >= 4 is 25.8 Å². The van der Waals surface area contributed by atoms with E-state index in [-0.39, 0.29) is 18.9 Å². The molecule has 0 heterocycles. The lowest BCUT2D eigenvalue weighted by atomic mass is 9.88. The van der Waals surface area contributed by atoms with Gasteiger partial charge >= 0.3 is 6.09 Å². The third-order valence-corrected chi connectivity index (χ3v) is 5.25. The molecule has 1 saturated carbocycles. The smallest absolute Gasteiger partial charge is 0.407 e. The van der Waals surface area contributed by atoms with Crippen LogP contribution in [0.5, 0.6) is 0 Å². The topological polar surface area (TPSA) is 72.5 Å². The summed E-state index contributed by atoms with van der Waals surface area (Å²) in [4.78, 5) is 11.8. The van der Waals surface area contributed by atoms with Crippen LogP contribution >= 0.6 is 10.7 Å². The van der Waals surface area contributed by atoms with E-state index in [1.54, 1.807) is 0 Å². The zero-order chi connectivity index (χ0) is 16.1. The summed E-state index contributed by atoms with van der Waals surface area (Å²) in [6.07, 6.45) is 2.86. The molecule has 0 spiro atoms. The van der Waals surface area contributed by atoms with Crippen molar-refractivity contribution in [2.75, 3.05) is 12.3 Å². The molecule has 122 valence electrons. The Morgan fingerprint density at radius 3 is 2.45 bits per heavy atom. The van der Waals surface area contributed by atoms with Gasteiger partial charge in [0.25, 0.3) is 0 Å². The molecule has 1 amide bonds. The van der Waals surface area contributed by atoms with Crippen LogP contribution in [0.2, 0.25) is 0 Å². The molecule has 1 aromatic rings. The minimum absolute atomic E-state index is 0.111. The number of rotatable bonds is 6. The van der Waals surface area contributed by atoms with Gasteiger partial charge in [-0.1, -0.05) is 43.2 Å². The largest absolute Gasteiger partial charge is 0.445 e. The Bertz CT molecular complexity index is 597. The summed E-state index contributed by atoms with van der Waals surface area (Å²) in [7, 11) is 1.80. The summed E-state index contributed by atoms with van der Waals surface area (Å²) in [6, 6.07) is 9.36.